The van der Waals surface area contributed by atoms with Crippen LogP contribution in [0, 0.1) is 11.8 Å². The number of hydrogen-bond donors (Lipinski definition) is 1. The highest BCUT2D eigenvalue weighted by atomic mass is 16.3. The van der Waals surface area contributed by atoms with Gasteiger partial charge in [-0.15, -0.1) is 0 Å². The van der Waals surface area contributed by atoms with E-state index >= 15 is 0 Å². The molecule has 0 bridgehead atoms. The van der Waals surface area contributed by atoms with Gasteiger partial charge in [0.25, 0.3) is 0 Å². The highest BCUT2D eigenvalue weighted by Gasteiger charge is 2.31. The third kappa shape index (κ3) is 4.46. The van der Waals surface area contributed by atoms with Gasteiger partial charge in [-0.05, 0) is 51.0 Å². The van der Waals surface area contributed by atoms with Crippen molar-refractivity contribution in [3.63, 3.8) is 0 Å². The standard InChI is InChI=1S/C17H33NO/c1-3-7-14-10-11-17(19)15(12-14)13-18(2)16-8-5-4-6-9-16/h14-17,19H,3-13H2,1-2H3. The van der Waals surface area contributed by atoms with Crippen LogP contribution >= 0.6 is 0 Å². The summed E-state index contributed by atoms with van der Waals surface area (Å²) in [5.41, 5.74) is 0. The van der Waals surface area contributed by atoms with Crippen molar-refractivity contribution in [1.29, 1.82) is 0 Å². The molecule has 2 aliphatic rings. The lowest BCUT2D eigenvalue weighted by Gasteiger charge is -2.39. The van der Waals surface area contributed by atoms with Crippen LogP contribution in [0.4, 0.5) is 0 Å². The Bertz CT molecular complexity index is 250. The molecule has 2 fully saturated rings. The first-order valence-electron chi connectivity index (χ1n) is 8.59. The molecule has 0 radical (unpaired) electrons. The van der Waals surface area contributed by atoms with Crippen molar-refractivity contribution in [2.45, 2.75) is 83.3 Å². The molecule has 0 aliphatic heterocycles. The summed E-state index contributed by atoms with van der Waals surface area (Å²) in [5, 5.41) is 10.3. The van der Waals surface area contributed by atoms with Crippen LogP contribution in [0.1, 0.15) is 71.1 Å². The zero-order valence-corrected chi connectivity index (χ0v) is 13.0. The van der Waals surface area contributed by atoms with Gasteiger partial charge in [-0.25, -0.2) is 0 Å². The number of rotatable bonds is 5. The summed E-state index contributed by atoms with van der Waals surface area (Å²) in [6, 6.07) is 0.785. The van der Waals surface area contributed by atoms with Gasteiger partial charge in [0.05, 0.1) is 6.10 Å². The molecule has 2 aliphatic carbocycles. The summed E-state index contributed by atoms with van der Waals surface area (Å²) in [4.78, 5) is 2.56. The predicted molar refractivity (Wildman–Crippen MR) is 81.2 cm³/mol. The fourth-order valence-corrected chi connectivity index (χ4v) is 4.25. The minimum Gasteiger partial charge on any atom is -0.393 e. The van der Waals surface area contributed by atoms with E-state index in [2.05, 4.69) is 18.9 Å². The molecule has 3 unspecified atom stereocenters. The lowest BCUT2D eigenvalue weighted by Crippen LogP contribution is -2.42. The molecule has 19 heavy (non-hydrogen) atoms. The van der Waals surface area contributed by atoms with Crippen LogP contribution in [0.25, 0.3) is 0 Å². The van der Waals surface area contributed by atoms with Crippen LogP contribution in [-0.2, 0) is 0 Å². The highest BCUT2D eigenvalue weighted by molar-refractivity contribution is 4.83. The molecule has 0 saturated heterocycles. The molecular formula is C17H33NO. The predicted octanol–water partition coefficient (Wildman–Crippen LogP) is 3.83. The fourth-order valence-electron chi connectivity index (χ4n) is 4.25. The Morgan fingerprint density at radius 1 is 1.05 bits per heavy atom. The molecule has 0 heterocycles. The maximum atomic E-state index is 10.3. The molecule has 2 heteroatoms. The van der Waals surface area contributed by atoms with Gasteiger partial charge in [-0.2, -0.15) is 0 Å². The summed E-state index contributed by atoms with van der Waals surface area (Å²) in [5.74, 6) is 1.40. The maximum absolute atomic E-state index is 10.3. The Balaban J connectivity index is 1.81. The molecule has 112 valence electrons. The summed E-state index contributed by atoms with van der Waals surface area (Å²) < 4.78 is 0. The van der Waals surface area contributed by atoms with E-state index in [1.54, 1.807) is 0 Å². The van der Waals surface area contributed by atoms with Gasteiger partial charge in [0.15, 0.2) is 0 Å². The van der Waals surface area contributed by atoms with E-state index in [1.165, 1.54) is 57.8 Å². The lowest BCUT2D eigenvalue weighted by atomic mass is 9.77. The van der Waals surface area contributed by atoms with E-state index in [0.29, 0.717) is 5.92 Å². The van der Waals surface area contributed by atoms with E-state index in [0.717, 1.165) is 24.9 Å². The summed E-state index contributed by atoms with van der Waals surface area (Å²) in [6.07, 6.45) is 13.1. The Morgan fingerprint density at radius 3 is 2.47 bits per heavy atom. The molecule has 0 spiro atoms. The largest absolute Gasteiger partial charge is 0.393 e. The van der Waals surface area contributed by atoms with Crippen molar-refractivity contribution in [2.75, 3.05) is 13.6 Å². The number of aliphatic hydroxyl groups excluding tert-OH is 1. The topological polar surface area (TPSA) is 23.5 Å². The molecular weight excluding hydrogens is 234 g/mol. The van der Waals surface area contributed by atoms with Gasteiger partial charge in [0.2, 0.25) is 0 Å². The minimum absolute atomic E-state index is 0.0425. The van der Waals surface area contributed by atoms with Gasteiger partial charge in [-0.3, -0.25) is 0 Å². The van der Waals surface area contributed by atoms with Crippen LogP contribution < -0.4 is 0 Å². The first-order valence-corrected chi connectivity index (χ1v) is 8.59. The Kier molecular flexibility index (Phi) is 6.15. The molecule has 2 saturated carbocycles. The number of nitrogens with zero attached hydrogens (tertiary/aromatic N) is 1. The minimum atomic E-state index is -0.0425. The van der Waals surface area contributed by atoms with Crippen LogP contribution in [-0.4, -0.2) is 35.7 Å². The van der Waals surface area contributed by atoms with E-state index in [1.807, 2.05) is 0 Å². The van der Waals surface area contributed by atoms with E-state index in [9.17, 15) is 5.11 Å². The maximum Gasteiger partial charge on any atom is 0.0580 e. The van der Waals surface area contributed by atoms with Crippen LogP contribution in [0.15, 0.2) is 0 Å². The monoisotopic (exact) mass is 267 g/mol. The third-order valence-electron chi connectivity index (χ3n) is 5.47. The Labute approximate surface area is 119 Å². The second-order valence-corrected chi connectivity index (χ2v) is 7.03. The highest BCUT2D eigenvalue weighted by Crippen LogP contribution is 2.33. The smallest absolute Gasteiger partial charge is 0.0580 e. The van der Waals surface area contributed by atoms with Crippen molar-refractivity contribution in [3.05, 3.63) is 0 Å². The third-order valence-corrected chi connectivity index (χ3v) is 5.47. The van der Waals surface area contributed by atoms with Crippen LogP contribution in [0.3, 0.4) is 0 Å². The van der Waals surface area contributed by atoms with E-state index in [4.69, 9.17) is 0 Å². The molecule has 1 N–H and O–H groups in total. The quantitative estimate of drug-likeness (QED) is 0.818. The van der Waals surface area contributed by atoms with Crippen LogP contribution in [0.5, 0.6) is 0 Å². The van der Waals surface area contributed by atoms with Gasteiger partial charge in [-0.1, -0.05) is 39.0 Å². The van der Waals surface area contributed by atoms with Crippen molar-refractivity contribution >= 4 is 0 Å². The van der Waals surface area contributed by atoms with Gasteiger partial charge in [0.1, 0.15) is 0 Å². The average molecular weight is 267 g/mol. The summed E-state index contributed by atoms with van der Waals surface area (Å²) >= 11 is 0. The van der Waals surface area contributed by atoms with Gasteiger partial charge in [0, 0.05) is 12.6 Å². The molecule has 0 aromatic rings. The molecule has 0 aromatic heterocycles. The zero-order chi connectivity index (χ0) is 13.7. The zero-order valence-electron chi connectivity index (χ0n) is 13.0. The van der Waals surface area contributed by atoms with Gasteiger partial charge >= 0.3 is 0 Å². The first kappa shape index (κ1) is 15.3. The molecule has 0 amide bonds. The first-order chi connectivity index (χ1) is 9.20. The van der Waals surface area contributed by atoms with Crippen molar-refractivity contribution < 1.29 is 5.11 Å². The number of hydrogen-bond acceptors (Lipinski definition) is 2. The molecule has 2 nitrogen and oxygen atoms in total. The summed E-state index contributed by atoms with van der Waals surface area (Å²) in [7, 11) is 2.28. The van der Waals surface area contributed by atoms with E-state index in [-0.39, 0.29) is 6.10 Å². The fraction of sp³-hybridized carbons (Fsp3) is 1.00. The Hall–Kier alpha value is -0.0800. The SMILES string of the molecule is CCCC1CCC(O)C(CN(C)C2CCCCC2)C1. The molecule has 0 aromatic carbocycles. The van der Waals surface area contributed by atoms with E-state index < -0.39 is 0 Å². The van der Waals surface area contributed by atoms with Crippen molar-refractivity contribution in [2.24, 2.45) is 11.8 Å². The second-order valence-electron chi connectivity index (χ2n) is 7.03. The van der Waals surface area contributed by atoms with Gasteiger partial charge < -0.3 is 10.0 Å². The average Bonchev–Trinajstić information content (AvgIpc) is 2.44. The second kappa shape index (κ2) is 7.64. The molecule has 2 rings (SSSR count). The molecule has 3 atom stereocenters. The van der Waals surface area contributed by atoms with Crippen molar-refractivity contribution in [3.8, 4) is 0 Å². The van der Waals surface area contributed by atoms with Crippen LogP contribution in [0.2, 0.25) is 0 Å². The Morgan fingerprint density at radius 2 is 1.79 bits per heavy atom. The summed E-state index contributed by atoms with van der Waals surface area (Å²) in [6.45, 7) is 3.40. The number of aliphatic hydroxyl groups is 1. The normalized spacial score (nSPS) is 33.8. The van der Waals surface area contributed by atoms with Crippen molar-refractivity contribution in [1.82, 2.24) is 4.90 Å². The lowest BCUT2D eigenvalue weighted by molar-refractivity contribution is 0.0198.